The van der Waals surface area contributed by atoms with Crippen LogP contribution < -0.4 is 16.1 Å². The van der Waals surface area contributed by atoms with Crippen LogP contribution in [0.2, 0.25) is 0 Å². The van der Waals surface area contributed by atoms with Crippen molar-refractivity contribution in [3.63, 3.8) is 0 Å². The van der Waals surface area contributed by atoms with Crippen LogP contribution in [0.25, 0.3) is 0 Å². The van der Waals surface area contributed by atoms with E-state index >= 15 is 0 Å². The number of aliphatic carboxylic acids is 1. The highest BCUT2D eigenvalue weighted by molar-refractivity contribution is 6.05. The van der Waals surface area contributed by atoms with Crippen LogP contribution in [0.3, 0.4) is 0 Å². The number of nitrogens with one attached hydrogen (secondary N) is 3. The van der Waals surface area contributed by atoms with Gasteiger partial charge in [0, 0.05) is 37.3 Å². The molecule has 226 valence electrons. The van der Waals surface area contributed by atoms with Crippen molar-refractivity contribution in [1.82, 2.24) is 20.7 Å². The lowest BCUT2D eigenvalue weighted by Gasteiger charge is -2.35. The summed E-state index contributed by atoms with van der Waals surface area (Å²) in [6.07, 6.45) is 3.65. The molecule has 0 unspecified atom stereocenters. The number of carbonyl (C=O) groups is 5. The number of amides is 4. The zero-order valence-electron chi connectivity index (χ0n) is 24.0. The first kappa shape index (κ1) is 32.0. The van der Waals surface area contributed by atoms with E-state index in [9.17, 15) is 24.0 Å². The molecule has 2 saturated heterocycles. The van der Waals surface area contributed by atoms with E-state index in [1.807, 2.05) is 13.8 Å². The molecule has 0 saturated carbocycles. The number of hydrogen-bond acceptors (Lipinski definition) is 8. The molecule has 1 aromatic rings. The minimum Gasteiger partial charge on any atom is -0.481 e. The average molecular weight is 574 g/mol. The molecule has 0 aliphatic carbocycles. The van der Waals surface area contributed by atoms with Gasteiger partial charge < -0.3 is 20.1 Å². The summed E-state index contributed by atoms with van der Waals surface area (Å²) in [6.45, 7) is 6.72. The predicted octanol–water partition coefficient (Wildman–Crippen LogP) is 2.86. The van der Waals surface area contributed by atoms with Crippen LogP contribution in [0.5, 0.6) is 0 Å². The molecular weight excluding hydrogens is 530 g/mol. The highest BCUT2D eigenvalue weighted by Crippen LogP contribution is 2.23. The molecule has 0 aromatic heterocycles. The number of nitrogens with zero attached hydrogens (tertiary/aromatic N) is 2. The summed E-state index contributed by atoms with van der Waals surface area (Å²) in [4.78, 5) is 64.7. The van der Waals surface area contributed by atoms with Crippen molar-refractivity contribution >= 4 is 35.5 Å². The van der Waals surface area contributed by atoms with E-state index in [1.165, 1.54) is 24.3 Å². The Hall–Kier alpha value is -3.51. The van der Waals surface area contributed by atoms with Gasteiger partial charge in [-0.25, -0.2) is 15.2 Å². The normalized spacial score (nSPS) is 17.6. The quantitative estimate of drug-likeness (QED) is 0.218. The first-order chi connectivity index (χ1) is 19.6. The number of imide groups is 1. The highest BCUT2D eigenvalue weighted by Gasteiger charge is 2.34. The van der Waals surface area contributed by atoms with Crippen molar-refractivity contribution in [1.29, 1.82) is 0 Å². The molecule has 3 rings (SSSR count). The fourth-order valence-electron chi connectivity index (χ4n) is 4.99. The smallest absolute Gasteiger partial charge is 0.411 e. The highest BCUT2D eigenvalue weighted by atomic mass is 16.5. The monoisotopic (exact) mass is 573 g/mol. The Balaban J connectivity index is 1.63. The summed E-state index contributed by atoms with van der Waals surface area (Å²) in [5, 5.41) is 15.8. The van der Waals surface area contributed by atoms with Crippen molar-refractivity contribution in [3.8, 4) is 0 Å². The van der Waals surface area contributed by atoms with E-state index < -0.39 is 29.8 Å². The molecule has 2 aliphatic heterocycles. The Morgan fingerprint density at radius 3 is 2.44 bits per heavy atom. The zero-order valence-corrected chi connectivity index (χ0v) is 24.0. The molecule has 2 aliphatic rings. The number of rotatable bonds is 12. The largest absolute Gasteiger partial charge is 0.481 e. The summed E-state index contributed by atoms with van der Waals surface area (Å²) < 4.78 is 5.10. The molecule has 2 heterocycles. The second-order valence-electron chi connectivity index (χ2n) is 11.1. The van der Waals surface area contributed by atoms with Gasteiger partial charge in [-0.2, -0.15) is 0 Å². The first-order valence-electron chi connectivity index (χ1n) is 14.5. The summed E-state index contributed by atoms with van der Waals surface area (Å²) in [7, 11) is 0. The Labute approximate surface area is 241 Å². The molecule has 1 aromatic carbocycles. The van der Waals surface area contributed by atoms with Gasteiger partial charge in [0.05, 0.1) is 18.9 Å². The Kier molecular flexibility index (Phi) is 12.5. The molecule has 4 amide bonds. The van der Waals surface area contributed by atoms with E-state index in [2.05, 4.69) is 16.1 Å². The summed E-state index contributed by atoms with van der Waals surface area (Å²) in [5.74, 6) is -2.08. The molecule has 2 fully saturated rings. The molecule has 4 N–H and O–H groups in total. The third-order valence-electron chi connectivity index (χ3n) is 7.31. The van der Waals surface area contributed by atoms with E-state index in [1.54, 1.807) is 4.90 Å². The van der Waals surface area contributed by atoms with Gasteiger partial charge in [-0.15, -0.1) is 0 Å². The topological polar surface area (TPSA) is 157 Å². The van der Waals surface area contributed by atoms with Crippen molar-refractivity contribution in [2.75, 3.05) is 44.6 Å². The van der Waals surface area contributed by atoms with Crippen molar-refractivity contribution in [2.24, 2.45) is 17.8 Å². The standard InChI is InChI=1S/C29H43N5O7/c1-20(2)19-41-29(40)32-24-8-6-22(7-9-24)27(38)34(31-16-13-26(36)37)28(39)23-4-3-17-33(18-23)25(35)10-5-21-11-14-30-15-12-21/h6-9,20-21,23,30-31H,3-5,10-19H2,1-2H3,(H,32,40)(H,36,37)/t23-/m1/s1. The van der Waals surface area contributed by atoms with Gasteiger partial charge in [0.15, 0.2) is 0 Å². The fourth-order valence-corrected chi connectivity index (χ4v) is 4.99. The number of benzene rings is 1. The van der Waals surface area contributed by atoms with Gasteiger partial charge in [0.2, 0.25) is 11.8 Å². The number of ether oxygens (including phenoxy) is 1. The van der Waals surface area contributed by atoms with Crippen LogP contribution in [-0.2, 0) is 19.1 Å². The molecule has 0 bridgehead atoms. The third kappa shape index (κ3) is 10.4. The van der Waals surface area contributed by atoms with E-state index in [-0.39, 0.29) is 43.5 Å². The van der Waals surface area contributed by atoms with Crippen LogP contribution in [0.1, 0.15) is 69.2 Å². The lowest BCUT2D eigenvalue weighted by molar-refractivity contribution is -0.142. The van der Waals surface area contributed by atoms with Gasteiger partial charge in [-0.1, -0.05) is 13.8 Å². The van der Waals surface area contributed by atoms with Crippen LogP contribution in [0.15, 0.2) is 24.3 Å². The molecular formula is C29H43N5O7. The maximum atomic E-state index is 13.6. The minimum absolute atomic E-state index is 0.0211. The number of hydrazine groups is 1. The molecule has 0 radical (unpaired) electrons. The van der Waals surface area contributed by atoms with Crippen molar-refractivity contribution < 1.29 is 33.8 Å². The maximum Gasteiger partial charge on any atom is 0.411 e. The van der Waals surface area contributed by atoms with Crippen LogP contribution in [0, 0.1) is 17.8 Å². The summed E-state index contributed by atoms with van der Waals surface area (Å²) in [5.41, 5.74) is 3.28. The lowest BCUT2D eigenvalue weighted by Crippen LogP contribution is -2.53. The number of hydrogen-bond donors (Lipinski definition) is 4. The first-order valence-corrected chi connectivity index (χ1v) is 14.5. The Morgan fingerprint density at radius 1 is 1.07 bits per heavy atom. The SMILES string of the molecule is CC(C)COC(=O)Nc1ccc(C(=O)N(NCCC(=O)O)C(=O)[C@@H]2CCCN(C(=O)CCC3CCNCC3)C2)cc1. The van der Waals surface area contributed by atoms with Gasteiger partial charge in [0.25, 0.3) is 5.91 Å². The number of carbonyl (C=O) groups excluding carboxylic acids is 4. The molecule has 1 atom stereocenters. The second-order valence-corrected chi connectivity index (χ2v) is 11.1. The van der Waals surface area contributed by atoms with Gasteiger partial charge >= 0.3 is 12.1 Å². The van der Waals surface area contributed by atoms with E-state index in [0.717, 1.165) is 37.4 Å². The minimum atomic E-state index is -1.07. The maximum absolute atomic E-state index is 13.6. The number of carboxylic acid groups (broad SMARTS) is 1. The second kappa shape index (κ2) is 16.1. The zero-order chi connectivity index (χ0) is 29.8. The molecule has 0 spiro atoms. The average Bonchev–Trinajstić information content (AvgIpc) is 2.97. The van der Waals surface area contributed by atoms with Crippen LogP contribution >= 0.6 is 0 Å². The third-order valence-corrected chi connectivity index (χ3v) is 7.31. The Bertz CT molecular complexity index is 1060. The van der Waals surface area contributed by atoms with Gasteiger partial charge in [-0.3, -0.25) is 24.5 Å². The van der Waals surface area contributed by atoms with E-state index in [0.29, 0.717) is 37.4 Å². The number of likely N-dealkylation sites (tertiary alicyclic amines) is 1. The molecule has 12 nitrogen and oxygen atoms in total. The number of anilines is 1. The van der Waals surface area contributed by atoms with Crippen molar-refractivity contribution in [2.45, 2.75) is 58.8 Å². The predicted molar refractivity (Wildman–Crippen MR) is 152 cm³/mol. The Morgan fingerprint density at radius 2 is 1.78 bits per heavy atom. The number of carboxylic acids is 1. The fraction of sp³-hybridized carbons (Fsp3) is 0.621. The molecule has 12 heteroatoms. The van der Waals surface area contributed by atoms with Crippen molar-refractivity contribution in [3.05, 3.63) is 29.8 Å². The van der Waals surface area contributed by atoms with Crippen LogP contribution in [0.4, 0.5) is 10.5 Å². The van der Waals surface area contributed by atoms with E-state index in [4.69, 9.17) is 9.84 Å². The van der Waals surface area contributed by atoms with Crippen LogP contribution in [-0.4, -0.2) is 84.1 Å². The summed E-state index contributed by atoms with van der Waals surface area (Å²) >= 11 is 0. The van der Waals surface area contributed by atoms with Gasteiger partial charge in [0.1, 0.15) is 0 Å². The van der Waals surface area contributed by atoms with Gasteiger partial charge in [-0.05, 0) is 81.3 Å². The number of piperidine rings is 2. The summed E-state index contributed by atoms with van der Waals surface area (Å²) in [6, 6.07) is 5.98. The lowest BCUT2D eigenvalue weighted by atomic mass is 9.92. The molecule has 41 heavy (non-hydrogen) atoms.